The van der Waals surface area contributed by atoms with E-state index >= 15 is 0 Å². The molecule has 17 heavy (non-hydrogen) atoms. The monoisotopic (exact) mass is 236 g/mol. The maximum atomic E-state index is 10.2. The van der Waals surface area contributed by atoms with E-state index in [1.165, 1.54) is 0 Å². The van der Waals surface area contributed by atoms with Crippen LogP contribution >= 0.6 is 0 Å². The van der Waals surface area contributed by atoms with Crippen LogP contribution in [0.2, 0.25) is 0 Å². The van der Waals surface area contributed by atoms with Gasteiger partial charge in [-0.15, -0.1) is 0 Å². The van der Waals surface area contributed by atoms with Gasteiger partial charge in [-0.3, -0.25) is 0 Å². The van der Waals surface area contributed by atoms with Crippen molar-refractivity contribution in [2.45, 2.75) is 13.5 Å². The quantitative estimate of drug-likeness (QED) is 0.782. The highest BCUT2D eigenvalue weighted by atomic mass is 16.4. The molecule has 0 unspecified atom stereocenters. The molecule has 2 rings (SSSR count). The first kappa shape index (κ1) is 11.6. The van der Waals surface area contributed by atoms with Gasteiger partial charge in [-0.1, -0.05) is 0 Å². The van der Waals surface area contributed by atoms with Gasteiger partial charge in [0, 0.05) is 26.0 Å². The number of aliphatic hydroxyl groups excluding tert-OH is 2. The number of nitrogens with zero attached hydrogens (tertiary/aromatic N) is 2. The second-order valence-electron chi connectivity index (χ2n) is 3.79. The molecule has 0 radical (unpaired) electrons. The highest BCUT2D eigenvalue weighted by Crippen LogP contribution is 2.26. The minimum Gasteiger partial charge on any atom is -0.502 e. The summed E-state index contributed by atoms with van der Waals surface area (Å²) < 4.78 is 5.31. The van der Waals surface area contributed by atoms with Crippen molar-refractivity contribution >= 4 is 5.76 Å². The van der Waals surface area contributed by atoms with Gasteiger partial charge in [0.15, 0.2) is 11.6 Å². The van der Waals surface area contributed by atoms with Crippen LogP contribution in [0.25, 0.3) is 5.76 Å². The highest BCUT2D eigenvalue weighted by molar-refractivity contribution is 5.57. The molecule has 0 aliphatic carbocycles. The van der Waals surface area contributed by atoms with Crippen LogP contribution in [-0.4, -0.2) is 33.6 Å². The average Bonchev–Trinajstić information content (AvgIpc) is 2.94. The Hall–Kier alpha value is -1.88. The molecule has 0 spiro atoms. The van der Waals surface area contributed by atoms with Crippen LogP contribution in [0.15, 0.2) is 34.8 Å². The Morgan fingerprint density at radius 2 is 2.12 bits per heavy atom. The molecule has 0 fully saturated rings. The normalized spacial score (nSPS) is 18.1. The van der Waals surface area contributed by atoms with Crippen molar-refractivity contribution in [3.05, 3.63) is 41.9 Å². The van der Waals surface area contributed by atoms with Gasteiger partial charge < -0.3 is 24.4 Å². The zero-order valence-electron chi connectivity index (χ0n) is 9.92. The standard InChI is InChI=1S/C12H16N2O3/c1-3-14-7-6-13(2)12(14)11(16)10-5-4-9(8-15)17-10/h4-7,15-16H,3,8H2,1-2H3/b12-11-. The Morgan fingerprint density at radius 1 is 1.35 bits per heavy atom. The first-order valence-corrected chi connectivity index (χ1v) is 5.48. The SMILES string of the molecule is CCN1C=CN(C)/C1=C(/O)c1ccc(CO)o1. The zero-order chi connectivity index (χ0) is 12.4. The maximum absolute atomic E-state index is 10.2. The van der Waals surface area contributed by atoms with E-state index in [9.17, 15) is 5.11 Å². The van der Waals surface area contributed by atoms with Crippen LogP contribution in [0.4, 0.5) is 0 Å². The van der Waals surface area contributed by atoms with Crippen LogP contribution in [0.1, 0.15) is 18.4 Å². The van der Waals surface area contributed by atoms with E-state index < -0.39 is 0 Å². The lowest BCUT2D eigenvalue weighted by atomic mass is 10.3. The Labute approximate surface area is 99.9 Å². The predicted octanol–water partition coefficient (Wildman–Crippen LogP) is 1.69. The Bertz CT molecular complexity index is 462. The fraction of sp³-hybridized carbons (Fsp3) is 0.333. The minimum absolute atomic E-state index is 0.0686. The summed E-state index contributed by atoms with van der Waals surface area (Å²) in [5.41, 5.74) is 0. The van der Waals surface area contributed by atoms with Crippen molar-refractivity contribution in [2.24, 2.45) is 0 Å². The Morgan fingerprint density at radius 3 is 2.71 bits per heavy atom. The summed E-state index contributed by atoms with van der Waals surface area (Å²) in [4.78, 5) is 3.73. The second kappa shape index (κ2) is 4.55. The molecular weight excluding hydrogens is 220 g/mol. The molecule has 1 aliphatic heterocycles. The van der Waals surface area contributed by atoms with Gasteiger partial charge in [-0.05, 0) is 19.1 Å². The van der Waals surface area contributed by atoms with Crippen molar-refractivity contribution in [3.8, 4) is 0 Å². The summed E-state index contributed by atoms with van der Waals surface area (Å²) in [6.07, 6.45) is 3.76. The van der Waals surface area contributed by atoms with Crippen LogP contribution in [-0.2, 0) is 6.61 Å². The van der Waals surface area contributed by atoms with Gasteiger partial charge >= 0.3 is 0 Å². The number of hydrogen-bond donors (Lipinski definition) is 2. The van der Waals surface area contributed by atoms with Crippen LogP contribution in [0.3, 0.4) is 0 Å². The van der Waals surface area contributed by atoms with Gasteiger partial charge in [-0.2, -0.15) is 0 Å². The third-order valence-electron chi connectivity index (χ3n) is 2.68. The summed E-state index contributed by atoms with van der Waals surface area (Å²) in [6.45, 7) is 2.58. The molecule has 1 aliphatic rings. The first-order valence-electron chi connectivity index (χ1n) is 5.48. The molecule has 0 saturated carbocycles. The number of hydrogen-bond acceptors (Lipinski definition) is 5. The summed E-state index contributed by atoms with van der Waals surface area (Å²) >= 11 is 0. The topological polar surface area (TPSA) is 60.1 Å². The van der Waals surface area contributed by atoms with Gasteiger partial charge in [0.1, 0.15) is 12.4 Å². The van der Waals surface area contributed by atoms with Crippen molar-refractivity contribution in [1.82, 2.24) is 9.80 Å². The van der Waals surface area contributed by atoms with E-state index in [0.29, 0.717) is 17.3 Å². The molecule has 0 atom stereocenters. The summed E-state index contributed by atoms with van der Waals surface area (Å²) in [7, 11) is 1.85. The van der Waals surface area contributed by atoms with E-state index in [1.807, 2.05) is 36.2 Å². The van der Waals surface area contributed by atoms with E-state index in [-0.39, 0.29) is 12.4 Å². The minimum atomic E-state index is -0.172. The van der Waals surface area contributed by atoms with Gasteiger partial charge in [0.05, 0.1) is 0 Å². The van der Waals surface area contributed by atoms with Gasteiger partial charge in [0.25, 0.3) is 0 Å². The first-order chi connectivity index (χ1) is 8.17. The van der Waals surface area contributed by atoms with Crippen molar-refractivity contribution in [2.75, 3.05) is 13.6 Å². The van der Waals surface area contributed by atoms with Crippen LogP contribution in [0, 0.1) is 0 Å². The number of furan rings is 1. The van der Waals surface area contributed by atoms with Crippen molar-refractivity contribution in [1.29, 1.82) is 0 Å². The molecule has 5 heteroatoms. The number of aliphatic hydroxyl groups is 2. The summed E-state index contributed by atoms with van der Waals surface area (Å²) in [6, 6.07) is 3.29. The fourth-order valence-electron chi connectivity index (χ4n) is 1.78. The molecule has 5 nitrogen and oxygen atoms in total. The maximum Gasteiger partial charge on any atom is 0.200 e. The molecule has 2 heterocycles. The molecule has 92 valence electrons. The van der Waals surface area contributed by atoms with Crippen LogP contribution in [0.5, 0.6) is 0 Å². The van der Waals surface area contributed by atoms with E-state index in [0.717, 1.165) is 6.54 Å². The molecule has 0 aromatic carbocycles. The molecule has 1 aromatic heterocycles. The largest absolute Gasteiger partial charge is 0.502 e. The van der Waals surface area contributed by atoms with Crippen molar-refractivity contribution < 1.29 is 14.6 Å². The van der Waals surface area contributed by atoms with E-state index in [2.05, 4.69) is 0 Å². The molecule has 0 amide bonds. The highest BCUT2D eigenvalue weighted by Gasteiger charge is 2.22. The lowest BCUT2D eigenvalue weighted by Gasteiger charge is -2.21. The van der Waals surface area contributed by atoms with Gasteiger partial charge in [0.2, 0.25) is 5.76 Å². The zero-order valence-corrected chi connectivity index (χ0v) is 9.92. The Balaban J connectivity index is 2.36. The lowest BCUT2D eigenvalue weighted by molar-refractivity contribution is 0.244. The molecule has 0 saturated heterocycles. The lowest BCUT2D eigenvalue weighted by Crippen LogP contribution is -2.21. The number of rotatable bonds is 3. The fourth-order valence-corrected chi connectivity index (χ4v) is 1.78. The third-order valence-corrected chi connectivity index (χ3v) is 2.68. The second-order valence-corrected chi connectivity index (χ2v) is 3.79. The smallest absolute Gasteiger partial charge is 0.200 e. The average molecular weight is 236 g/mol. The molecule has 1 aromatic rings. The van der Waals surface area contributed by atoms with E-state index in [4.69, 9.17) is 9.52 Å². The third kappa shape index (κ3) is 2.01. The summed E-state index contributed by atoms with van der Waals surface area (Å²) in [5, 5.41) is 19.1. The van der Waals surface area contributed by atoms with Crippen molar-refractivity contribution in [3.63, 3.8) is 0 Å². The molecule has 0 bridgehead atoms. The Kier molecular flexibility index (Phi) is 3.10. The molecule has 2 N–H and O–H groups in total. The van der Waals surface area contributed by atoms with Gasteiger partial charge in [-0.25, -0.2) is 0 Å². The van der Waals surface area contributed by atoms with Crippen LogP contribution < -0.4 is 0 Å². The van der Waals surface area contributed by atoms with E-state index in [1.54, 1.807) is 12.1 Å². The summed E-state index contributed by atoms with van der Waals surface area (Å²) in [5.74, 6) is 1.53. The predicted molar refractivity (Wildman–Crippen MR) is 63.5 cm³/mol. The molecular formula is C12H16N2O3.